The van der Waals surface area contributed by atoms with Crippen molar-refractivity contribution in [2.75, 3.05) is 37.7 Å². The first-order valence-corrected chi connectivity index (χ1v) is 8.02. The van der Waals surface area contributed by atoms with E-state index in [1.807, 2.05) is 0 Å². The van der Waals surface area contributed by atoms with E-state index in [1.165, 1.54) is 37.1 Å². The van der Waals surface area contributed by atoms with Crippen molar-refractivity contribution in [2.24, 2.45) is 5.92 Å². The largest absolute Gasteiger partial charge is 0.381 e. The number of hydrogen-bond donors (Lipinski definition) is 1. The molecule has 1 aromatic rings. The standard InChI is InChI=1S/C17H26N2O/c1-2-18-16(15-9-11-20-13-15)12-19-10-5-7-14-6-3-4-8-17(14)19/h3-4,6,8,15-16,18H,2,5,7,9-13H2,1H3. The highest BCUT2D eigenvalue weighted by Gasteiger charge is 2.28. The minimum absolute atomic E-state index is 0.550. The number of hydrogen-bond acceptors (Lipinski definition) is 3. The number of fused-ring (bicyclic) bond motifs is 1. The summed E-state index contributed by atoms with van der Waals surface area (Å²) in [5.74, 6) is 0.670. The van der Waals surface area contributed by atoms with Gasteiger partial charge in [-0.15, -0.1) is 0 Å². The third-order valence-corrected chi connectivity index (χ3v) is 4.62. The number of rotatable bonds is 5. The predicted molar refractivity (Wildman–Crippen MR) is 83.4 cm³/mol. The van der Waals surface area contributed by atoms with Crippen LogP contribution in [0, 0.1) is 5.92 Å². The maximum Gasteiger partial charge on any atom is 0.0510 e. The van der Waals surface area contributed by atoms with Gasteiger partial charge in [-0.25, -0.2) is 0 Å². The smallest absolute Gasteiger partial charge is 0.0510 e. The molecule has 2 atom stereocenters. The molecule has 1 aromatic carbocycles. The summed E-state index contributed by atoms with van der Waals surface area (Å²) in [6.07, 6.45) is 3.70. The molecule has 0 aliphatic carbocycles. The first kappa shape index (κ1) is 13.9. The second-order valence-electron chi connectivity index (χ2n) is 5.97. The Morgan fingerprint density at radius 1 is 1.40 bits per heavy atom. The van der Waals surface area contributed by atoms with Crippen LogP contribution in [0.5, 0.6) is 0 Å². The Morgan fingerprint density at radius 2 is 2.30 bits per heavy atom. The minimum atomic E-state index is 0.550. The molecule has 3 nitrogen and oxygen atoms in total. The maximum atomic E-state index is 5.58. The van der Waals surface area contributed by atoms with Gasteiger partial charge in [-0.3, -0.25) is 0 Å². The molecule has 0 spiro atoms. The molecule has 3 rings (SSSR count). The zero-order valence-electron chi connectivity index (χ0n) is 12.5. The van der Waals surface area contributed by atoms with Gasteiger partial charge in [-0.2, -0.15) is 0 Å². The molecule has 1 fully saturated rings. The summed E-state index contributed by atoms with van der Waals surface area (Å²) >= 11 is 0. The Kier molecular flexibility index (Phi) is 4.58. The number of nitrogens with one attached hydrogen (secondary N) is 1. The molecule has 2 heterocycles. The van der Waals surface area contributed by atoms with Gasteiger partial charge in [0, 0.05) is 37.3 Å². The van der Waals surface area contributed by atoms with Crippen LogP contribution in [0.4, 0.5) is 5.69 Å². The van der Waals surface area contributed by atoms with E-state index in [9.17, 15) is 0 Å². The van der Waals surface area contributed by atoms with Crippen molar-refractivity contribution in [3.63, 3.8) is 0 Å². The fourth-order valence-corrected chi connectivity index (χ4v) is 3.55. The fraction of sp³-hybridized carbons (Fsp3) is 0.647. The molecule has 0 radical (unpaired) electrons. The van der Waals surface area contributed by atoms with Crippen molar-refractivity contribution in [2.45, 2.75) is 32.2 Å². The van der Waals surface area contributed by atoms with Gasteiger partial charge in [0.2, 0.25) is 0 Å². The molecular formula is C17H26N2O. The first-order chi connectivity index (χ1) is 9.88. The first-order valence-electron chi connectivity index (χ1n) is 8.02. The number of para-hydroxylation sites is 1. The SMILES string of the molecule is CCNC(CN1CCCc2ccccc21)C1CCOC1. The normalized spacial score (nSPS) is 23.6. The van der Waals surface area contributed by atoms with E-state index < -0.39 is 0 Å². The summed E-state index contributed by atoms with van der Waals surface area (Å²) in [5.41, 5.74) is 2.96. The van der Waals surface area contributed by atoms with E-state index in [-0.39, 0.29) is 0 Å². The Labute approximate surface area is 122 Å². The lowest BCUT2D eigenvalue weighted by Crippen LogP contribution is -2.47. The molecule has 2 unspecified atom stereocenters. The van der Waals surface area contributed by atoms with Gasteiger partial charge < -0.3 is 15.0 Å². The van der Waals surface area contributed by atoms with Crippen LogP contribution >= 0.6 is 0 Å². The molecular weight excluding hydrogens is 248 g/mol. The van der Waals surface area contributed by atoms with E-state index in [1.54, 1.807) is 0 Å². The van der Waals surface area contributed by atoms with E-state index in [0.717, 1.165) is 26.3 Å². The van der Waals surface area contributed by atoms with Crippen molar-refractivity contribution in [1.82, 2.24) is 5.32 Å². The molecule has 110 valence electrons. The minimum Gasteiger partial charge on any atom is -0.381 e. The van der Waals surface area contributed by atoms with Gasteiger partial charge in [-0.1, -0.05) is 25.1 Å². The number of aryl methyl sites for hydroxylation is 1. The van der Waals surface area contributed by atoms with Crippen molar-refractivity contribution >= 4 is 5.69 Å². The summed E-state index contributed by atoms with van der Waals surface area (Å²) in [6.45, 7) is 7.39. The lowest BCUT2D eigenvalue weighted by Gasteiger charge is -2.36. The van der Waals surface area contributed by atoms with Crippen molar-refractivity contribution < 1.29 is 4.74 Å². The van der Waals surface area contributed by atoms with E-state index >= 15 is 0 Å². The number of nitrogens with zero attached hydrogens (tertiary/aromatic N) is 1. The second kappa shape index (κ2) is 6.59. The molecule has 0 aromatic heterocycles. The van der Waals surface area contributed by atoms with Crippen LogP contribution in [0.1, 0.15) is 25.3 Å². The molecule has 0 bridgehead atoms. The Bertz CT molecular complexity index is 429. The van der Waals surface area contributed by atoms with Gasteiger partial charge in [0.1, 0.15) is 0 Å². The van der Waals surface area contributed by atoms with Gasteiger partial charge in [0.15, 0.2) is 0 Å². The molecule has 2 aliphatic rings. The van der Waals surface area contributed by atoms with Crippen molar-refractivity contribution in [3.05, 3.63) is 29.8 Å². The highest BCUT2D eigenvalue weighted by molar-refractivity contribution is 5.55. The van der Waals surface area contributed by atoms with Crippen LogP contribution in [0.25, 0.3) is 0 Å². The van der Waals surface area contributed by atoms with Crippen LogP contribution in [0.2, 0.25) is 0 Å². The molecule has 3 heteroatoms. The van der Waals surface area contributed by atoms with E-state index in [2.05, 4.69) is 41.4 Å². The molecule has 1 N–H and O–H groups in total. The summed E-state index contributed by atoms with van der Waals surface area (Å²) in [7, 11) is 0. The van der Waals surface area contributed by atoms with Crippen LogP contribution in [0.15, 0.2) is 24.3 Å². The molecule has 0 saturated carbocycles. The maximum absolute atomic E-state index is 5.58. The summed E-state index contributed by atoms with van der Waals surface area (Å²) < 4.78 is 5.58. The highest BCUT2D eigenvalue weighted by Crippen LogP contribution is 2.28. The molecule has 20 heavy (non-hydrogen) atoms. The summed E-state index contributed by atoms with van der Waals surface area (Å²) in [4.78, 5) is 2.57. The van der Waals surface area contributed by atoms with E-state index in [0.29, 0.717) is 12.0 Å². The van der Waals surface area contributed by atoms with Crippen molar-refractivity contribution in [3.8, 4) is 0 Å². The zero-order chi connectivity index (χ0) is 13.8. The number of benzene rings is 1. The van der Waals surface area contributed by atoms with Crippen LogP contribution < -0.4 is 10.2 Å². The molecule has 1 saturated heterocycles. The third-order valence-electron chi connectivity index (χ3n) is 4.62. The van der Waals surface area contributed by atoms with Crippen molar-refractivity contribution in [1.29, 1.82) is 0 Å². The summed E-state index contributed by atoms with van der Waals surface area (Å²) in [6, 6.07) is 9.44. The zero-order valence-corrected chi connectivity index (χ0v) is 12.5. The van der Waals surface area contributed by atoms with Gasteiger partial charge >= 0.3 is 0 Å². The predicted octanol–water partition coefficient (Wildman–Crippen LogP) is 2.45. The number of likely N-dealkylation sites (N-methyl/N-ethyl adjacent to an activating group) is 1. The number of ether oxygens (including phenoxy) is 1. The van der Waals surface area contributed by atoms with Crippen LogP contribution in [-0.2, 0) is 11.2 Å². The quantitative estimate of drug-likeness (QED) is 0.892. The third kappa shape index (κ3) is 2.99. The number of anilines is 1. The Hall–Kier alpha value is -1.06. The highest BCUT2D eigenvalue weighted by atomic mass is 16.5. The topological polar surface area (TPSA) is 24.5 Å². The Balaban J connectivity index is 1.72. The van der Waals surface area contributed by atoms with E-state index in [4.69, 9.17) is 4.74 Å². The lowest BCUT2D eigenvalue weighted by molar-refractivity contribution is 0.177. The lowest BCUT2D eigenvalue weighted by atomic mass is 9.96. The average Bonchev–Trinajstić information content (AvgIpc) is 3.01. The second-order valence-corrected chi connectivity index (χ2v) is 5.97. The van der Waals surface area contributed by atoms with Gasteiger partial charge in [-0.05, 0) is 37.4 Å². The average molecular weight is 274 g/mol. The van der Waals surface area contributed by atoms with Gasteiger partial charge in [0.05, 0.1) is 6.61 Å². The molecule has 0 amide bonds. The van der Waals surface area contributed by atoms with Crippen LogP contribution in [0.3, 0.4) is 0 Å². The van der Waals surface area contributed by atoms with Crippen LogP contribution in [-0.4, -0.2) is 38.9 Å². The Morgan fingerprint density at radius 3 is 3.10 bits per heavy atom. The van der Waals surface area contributed by atoms with Gasteiger partial charge in [0.25, 0.3) is 0 Å². The summed E-state index contributed by atoms with van der Waals surface area (Å²) in [5, 5.41) is 3.68. The fourth-order valence-electron chi connectivity index (χ4n) is 3.55. The monoisotopic (exact) mass is 274 g/mol. The molecule has 2 aliphatic heterocycles.